The summed E-state index contributed by atoms with van der Waals surface area (Å²) < 4.78 is 13.2. The van der Waals surface area contributed by atoms with Crippen LogP contribution in [0.25, 0.3) is 0 Å². The van der Waals surface area contributed by atoms with Crippen LogP contribution in [0.4, 0.5) is 4.39 Å². The summed E-state index contributed by atoms with van der Waals surface area (Å²) in [5.74, 6) is 1.16. The SMILES string of the molecule is CC(C)C1CCN(Cc2cc(F)ccc2C#N)C1. The van der Waals surface area contributed by atoms with Crippen molar-refractivity contribution in [3.05, 3.63) is 35.1 Å². The summed E-state index contributed by atoms with van der Waals surface area (Å²) in [6.45, 7) is 7.28. The van der Waals surface area contributed by atoms with Gasteiger partial charge in [-0.05, 0) is 48.6 Å². The number of hydrogen-bond donors (Lipinski definition) is 0. The van der Waals surface area contributed by atoms with Gasteiger partial charge in [0.1, 0.15) is 5.82 Å². The Hall–Kier alpha value is -1.40. The average molecular weight is 246 g/mol. The summed E-state index contributed by atoms with van der Waals surface area (Å²) in [7, 11) is 0. The van der Waals surface area contributed by atoms with Crippen LogP contribution in [0.15, 0.2) is 18.2 Å². The van der Waals surface area contributed by atoms with Gasteiger partial charge in [0.15, 0.2) is 0 Å². The molecule has 18 heavy (non-hydrogen) atoms. The molecule has 1 saturated heterocycles. The number of likely N-dealkylation sites (tertiary alicyclic amines) is 1. The summed E-state index contributed by atoms with van der Waals surface area (Å²) in [5.41, 5.74) is 1.39. The second-order valence-electron chi connectivity index (χ2n) is 5.44. The van der Waals surface area contributed by atoms with E-state index in [2.05, 4.69) is 24.8 Å². The van der Waals surface area contributed by atoms with Crippen molar-refractivity contribution in [2.45, 2.75) is 26.8 Å². The molecule has 2 nitrogen and oxygen atoms in total. The van der Waals surface area contributed by atoms with Gasteiger partial charge in [-0.25, -0.2) is 4.39 Å². The zero-order chi connectivity index (χ0) is 13.1. The summed E-state index contributed by atoms with van der Waals surface area (Å²) in [5, 5.41) is 9.03. The van der Waals surface area contributed by atoms with E-state index in [0.29, 0.717) is 18.0 Å². The maximum atomic E-state index is 13.2. The first kappa shape index (κ1) is 13.0. The monoisotopic (exact) mass is 246 g/mol. The van der Waals surface area contributed by atoms with Crippen LogP contribution in [0.2, 0.25) is 0 Å². The molecule has 0 aromatic heterocycles. The first-order chi connectivity index (χ1) is 8.60. The molecule has 1 atom stereocenters. The van der Waals surface area contributed by atoms with Crippen molar-refractivity contribution in [2.24, 2.45) is 11.8 Å². The number of benzene rings is 1. The van der Waals surface area contributed by atoms with E-state index in [1.54, 1.807) is 6.07 Å². The van der Waals surface area contributed by atoms with E-state index in [-0.39, 0.29) is 5.82 Å². The quantitative estimate of drug-likeness (QED) is 0.819. The molecule has 2 rings (SSSR count). The van der Waals surface area contributed by atoms with Crippen molar-refractivity contribution in [1.29, 1.82) is 5.26 Å². The molecule has 96 valence electrons. The van der Waals surface area contributed by atoms with Crippen LogP contribution < -0.4 is 0 Å². The minimum absolute atomic E-state index is 0.261. The van der Waals surface area contributed by atoms with Gasteiger partial charge < -0.3 is 0 Å². The van der Waals surface area contributed by atoms with Crippen LogP contribution in [0, 0.1) is 29.0 Å². The van der Waals surface area contributed by atoms with Crippen molar-refractivity contribution < 1.29 is 4.39 Å². The third-order valence-electron chi connectivity index (χ3n) is 3.83. The van der Waals surface area contributed by atoms with Crippen molar-refractivity contribution in [3.63, 3.8) is 0 Å². The zero-order valence-electron chi connectivity index (χ0n) is 11.0. The minimum Gasteiger partial charge on any atom is -0.299 e. The fourth-order valence-electron chi connectivity index (χ4n) is 2.59. The molecule has 0 N–H and O–H groups in total. The fraction of sp³-hybridized carbons (Fsp3) is 0.533. The van der Waals surface area contributed by atoms with E-state index in [1.165, 1.54) is 18.6 Å². The van der Waals surface area contributed by atoms with Gasteiger partial charge in [-0.15, -0.1) is 0 Å². The third-order valence-corrected chi connectivity index (χ3v) is 3.83. The Bertz CT molecular complexity index is 462. The number of halogens is 1. The standard InChI is InChI=1S/C15H19FN2/c1-11(2)13-5-6-18(9-13)10-14-7-15(16)4-3-12(14)8-17/h3-4,7,11,13H,5-6,9-10H2,1-2H3. The Morgan fingerprint density at radius 3 is 2.89 bits per heavy atom. The molecule has 1 aliphatic rings. The van der Waals surface area contributed by atoms with Crippen molar-refractivity contribution in [2.75, 3.05) is 13.1 Å². The molecule has 1 aliphatic heterocycles. The van der Waals surface area contributed by atoms with Crippen molar-refractivity contribution in [3.8, 4) is 6.07 Å². The summed E-state index contributed by atoms with van der Waals surface area (Å²) in [4.78, 5) is 2.32. The molecule has 1 aromatic carbocycles. The van der Waals surface area contributed by atoms with Gasteiger partial charge in [0.2, 0.25) is 0 Å². The molecule has 0 saturated carbocycles. The molecular weight excluding hydrogens is 227 g/mol. The molecule has 0 radical (unpaired) electrons. The zero-order valence-corrected chi connectivity index (χ0v) is 11.0. The van der Waals surface area contributed by atoms with Gasteiger partial charge in [-0.3, -0.25) is 4.90 Å². The second-order valence-corrected chi connectivity index (χ2v) is 5.44. The molecule has 1 aromatic rings. The number of nitrogens with zero attached hydrogens (tertiary/aromatic N) is 2. The molecule has 0 spiro atoms. The minimum atomic E-state index is -0.261. The van der Waals surface area contributed by atoms with E-state index in [0.717, 1.165) is 24.6 Å². The van der Waals surface area contributed by atoms with Gasteiger partial charge in [-0.2, -0.15) is 5.26 Å². The Morgan fingerprint density at radius 1 is 1.50 bits per heavy atom. The Morgan fingerprint density at radius 2 is 2.28 bits per heavy atom. The Balaban J connectivity index is 2.07. The molecule has 0 amide bonds. The lowest BCUT2D eigenvalue weighted by atomic mass is 9.95. The number of nitriles is 1. The van der Waals surface area contributed by atoms with Crippen LogP contribution in [-0.2, 0) is 6.54 Å². The molecular formula is C15H19FN2. The molecule has 1 heterocycles. The molecule has 0 bridgehead atoms. The van der Waals surface area contributed by atoms with E-state index in [1.807, 2.05) is 0 Å². The fourth-order valence-corrected chi connectivity index (χ4v) is 2.59. The van der Waals surface area contributed by atoms with Gasteiger partial charge in [0.25, 0.3) is 0 Å². The molecule has 3 heteroatoms. The maximum absolute atomic E-state index is 13.2. The average Bonchev–Trinajstić information content (AvgIpc) is 2.78. The molecule has 1 fully saturated rings. The van der Waals surface area contributed by atoms with Crippen LogP contribution in [0.3, 0.4) is 0 Å². The highest BCUT2D eigenvalue weighted by Crippen LogP contribution is 2.25. The second kappa shape index (κ2) is 5.49. The smallest absolute Gasteiger partial charge is 0.123 e. The normalized spacial score (nSPS) is 20.3. The highest BCUT2D eigenvalue weighted by Gasteiger charge is 2.25. The Kier molecular flexibility index (Phi) is 3.98. The number of hydrogen-bond acceptors (Lipinski definition) is 2. The van der Waals surface area contributed by atoms with Crippen molar-refractivity contribution >= 4 is 0 Å². The summed E-state index contributed by atoms with van der Waals surface area (Å²) >= 11 is 0. The lowest BCUT2D eigenvalue weighted by molar-refractivity contribution is 0.296. The van der Waals surface area contributed by atoms with Gasteiger partial charge in [-0.1, -0.05) is 13.8 Å². The van der Waals surface area contributed by atoms with E-state index < -0.39 is 0 Å². The Labute approximate surface area is 108 Å². The summed E-state index contributed by atoms with van der Waals surface area (Å²) in [6.07, 6.45) is 1.20. The predicted molar refractivity (Wildman–Crippen MR) is 69.3 cm³/mol. The van der Waals surface area contributed by atoms with Crippen LogP contribution in [-0.4, -0.2) is 18.0 Å². The first-order valence-electron chi connectivity index (χ1n) is 6.51. The highest BCUT2D eigenvalue weighted by atomic mass is 19.1. The van der Waals surface area contributed by atoms with Crippen molar-refractivity contribution in [1.82, 2.24) is 4.90 Å². The highest BCUT2D eigenvalue weighted by molar-refractivity contribution is 5.37. The topological polar surface area (TPSA) is 27.0 Å². The number of rotatable bonds is 3. The van der Waals surface area contributed by atoms with E-state index in [4.69, 9.17) is 5.26 Å². The van der Waals surface area contributed by atoms with Crippen LogP contribution in [0.1, 0.15) is 31.4 Å². The lowest BCUT2D eigenvalue weighted by Gasteiger charge is -2.18. The van der Waals surface area contributed by atoms with Gasteiger partial charge in [0, 0.05) is 13.1 Å². The predicted octanol–water partition coefficient (Wildman–Crippen LogP) is 3.18. The van der Waals surface area contributed by atoms with Gasteiger partial charge >= 0.3 is 0 Å². The van der Waals surface area contributed by atoms with E-state index in [9.17, 15) is 4.39 Å². The van der Waals surface area contributed by atoms with E-state index >= 15 is 0 Å². The lowest BCUT2D eigenvalue weighted by Crippen LogP contribution is -2.22. The third kappa shape index (κ3) is 2.88. The maximum Gasteiger partial charge on any atom is 0.123 e. The van der Waals surface area contributed by atoms with Crippen LogP contribution in [0.5, 0.6) is 0 Å². The van der Waals surface area contributed by atoms with Crippen LogP contribution >= 0.6 is 0 Å². The molecule has 0 aliphatic carbocycles. The summed E-state index contributed by atoms with van der Waals surface area (Å²) in [6, 6.07) is 6.55. The largest absolute Gasteiger partial charge is 0.299 e. The molecule has 1 unspecified atom stereocenters. The first-order valence-corrected chi connectivity index (χ1v) is 6.51. The van der Waals surface area contributed by atoms with Gasteiger partial charge in [0.05, 0.1) is 11.6 Å².